The van der Waals surface area contributed by atoms with Gasteiger partial charge in [-0.25, -0.2) is 0 Å². The van der Waals surface area contributed by atoms with Crippen LogP contribution in [-0.2, 0) is 0 Å². The lowest BCUT2D eigenvalue weighted by Crippen LogP contribution is -2.15. The first-order valence-electron chi connectivity index (χ1n) is 14.6. The van der Waals surface area contributed by atoms with Crippen LogP contribution in [0.4, 0.5) is 0 Å². The van der Waals surface area contributed by atoms with Crippen LogP contribution >= 0.6 is 0 Å². The van der Waals surface area contributed by atoms with E-state index in [0.717, 1.165) is 23.0 Å². The van der Waals surface area contributed by atoms with Gasteiger partial charge in [-0.3, -0.25) is 0 Å². The second kappa shape index (κ2) is 9.78. The van der Waals surface area contributed by atoms with Crippen molar-refractivity contribution in [3.63, 3.8) is 0 Å². The van der Waals surface area contributed by atoms with E-state index in [2.05, 4.69) is 147 Å². The van der Waals surface area contributed by atoms with Gasteiger partial charge in [0.1, 0.15) is 23.0 Å². The monoisotopic (exact) mass is 542 g/mol. The lowest BCUT2D eigenvalue weighted by molar-refractivity contribution is 0.452. The van der Waals surface area contributed by atoms with Crippen molar-refractivity contribution < 1.29 is 9.47 Å². The van der Waals surface area contributed by atoms with Crippen LogP contribution in [0.5, 0.6) is 23.0 Å². The Hall–Kier alpha value is -5.08. The third-order valence-electron chi connectivity index (χ3n) is 8.84. The highest BCUT2D eigenvalue weighted by Crippen LogP contribution is 2.53. The molecule has 0 amide bonds. The standard InChI is InChI=1S/C40H30O2/c1-25-13-11-19-31(39-27-15-3-7-21-33(27)41-34-22-8-4-16-28(34)39)37(25)38-26(2)14-12-20-32(38)40-29-17-5-9-23-35(29)42-36-24-10-6-18-30(36)40/h3-24,39-40H,1-2H3. The highest BCUT2D eigenvalue weighted by Gasteiger charge is 2.34. The van der Waals surface area contributed by atoms with Gasteiger partial charge in [0.15, 0.2) is 0 Å². The Morgan fingerprint density at radius 1 is 0.333 bits per heavy atom. The topological polar surface area (TPSA) is 18.5 Å². The number of fused-ring (bicyclic) bond motifs is 4. The zero-order valence-electron chi connectivity index (χ0n) is 23.7. The summed E-state index contributed by atoms with van der Waals surface area (Å²) in [5.41, 5.74) is 12.5. The highest BCUT2D eigenvalue weighted by atomic mass is 16.5. The molecule has 42 heavy (non-hydrogen) atoms. The lowest BCUT2D eigenvalue weighted by atomic mass is 9.74. The molecule has 0 saturated heterocycles. The van der Waals surface area contributed by atoms with E-state index in [0.29, 0.717) is 0 Å². The average molecular weight is 543 g/mol. The van der Waals surface area contributed by atoms with E-state index in [1.807, 2.05) is 0 Å². The molecule has 2 aliphatic heterocycles. The maximum atomic E-state index is 6.41. The van der Waals surface area contributed by atoms with E-state index in [1.54, 1.807) is 0 Å². The molecule has 8 rings (SSSR count). The molecule has 2 aliphatic rings. The fraction of sp³-hybridized carbons (Fsp3) is 0.100. The van der Waals surface area contributed by atoms with Gasteiger partial charge in [-0.05, 0) is 71.5 Å². The molecule has 2 heterocycles. The van der Waals surface area contributed by atoms with Crippen molar-refractivity contribution in [3.8, 4) is 34.1 Å². The number of benzene rings is 6. The van der Waals surface area contributed by atoms with Gasteiger partial charge in [0.05, 0.1) is 0 Å². The smallest absolute Gasteiger partial charge is 0.131 e. The van der Waals surface area contributed by atoms with Gasteiger partial charge in [0, 0.05) is 34.1 Å². The molecule has 202 valence electrons. The molecule has 0 atom stereocenters. The van der Waals surface area contributed by atoms with Gasteiger partial charge in [0.2, 0.25) is 0 Å². The van der Waals surface area contributed by atoms with Crippen LogP contribution in [-0.4, -0.2) is 0 Å². The van der Waals surface area contributed by atoms with E-state index in [9.17, 15) is 0 Å². The van der Waals surface area contributed by atoms with Gasteiger partial charge < -0.3 is 9.47 Å². The van der Waals surface area contributed by atoms with Gasteiger partial charge in [-0.2, -0.15) is 0 Å². The quantitative estimate of drug-likeness (QED) is 0.221. The first-order valence-corrected chi connectivity index (χ1v) is 14.6. The molecule has 0 radical (unpaired) electrons. The van der Waals surface area contributed by atoms with E-state index in [1.165, 1.54) is 55.6 Å². The van der Waals surface area contributed by atoms with Crippen molar-refractivity contribution in [2.45, 2.75) is 25.7 Å². The number of hydrogen-bond donors (Lipinski definition) is 0. The van der Waals surface area contributed by atoms with Gasteiger partial charge in [-0.15, -0.1) is 0 Å². The third kappa shape index (κ3) is 3.79. The summed E-state index contributed by atoms with van der Waals surface area (Å²) >= 11 is 0. The molecule has 0 saturated carbocycles. The maximum Gasteiger partial charge on any atom is 0.131 e. The zero-order valence-corrected chi connectivity index (χ0v) is 23.7. The van der Waals surface area contributed by atoms with Gasteiger partial charge in [-0.1, -0.05) is 109 Å². The fourth-order valence-corrected chi connectivity index (χ4v) is 7.04. The summed E-state index contributed by atoms with van der Waals surface area (Å²) in [4.78, 5) is 0. The minimum absolute atomic E-state index is 0.0442. The average Bonchev–Trinajstić information content (AvgIpc) is 3.02. The molecule has 2 heteroatoms. The largest absolute Gasteiger partial charge is 0.457 e. The Morgan fingerprint density at radius 3 is 0.952 bits per heavy atom. The molecule has 0 N–H and O–H groups in total. The van der Waals surface area contributed by atoms with Crippen molar-refractivity contribution in [2.24, 2.45) is 0 Å². The van der Waals surface area contributed by atoms with Crippen LogP contribution in [0.2, 0.25) is 0 Å². The van der Waals surface area contributed by atoms with Crippen LogP contribution < -0.4 is 9.47 Å². The molecule has 0 aromatic heterocycles. The maximum absolute atomic E-state index is 6.41. The first-order chi connectivity index (χ1) is 20.7. The lowest BCUT2D eigenvalue weighted by Gasteiger charge is -2.33. The normalized spacial score (nSPS) is 13.7. The Labute approximate surface area is 246 Å². The molecule has 0 spiro atoms. The molecular weight excluding hydrogens is 512 g/mol. The number of ether oxygens (including phenoxy) is 2. The van der Waals surface area contributed by atoms with Crippen LogP contribution in [0.3, 0.4) is 0 Å². The Balaban J connectivity index is 1.42. The summed E-state index contributed by atoms with van der Waals surface area (Å²) < 4.78 is 12.8. The molecule has 2 nitrogen and oxygen atoms in total. The minimum atomic E-state index is 0.0442. The summed E-state index contributed by atoms with van der Waals surface area (Å²) in [6.45, 7) is 4.50. The second-order valence-corrected chi connectivity index (χ2v) is 11.3. The third-order valence-corrected chi connectivity index (χ3v) is 8.84. The Morgan fingerprint density at radius 2 is 0.619 bits per heavy atom. The number of hydrogen-bond acceptors (Lipinski definition) is 2. The van der Waals surface area contributed by atoms with Crippen molar-refractivity contribution in [1.29, 1.82) is 0 Å². The minimum Gasteiger partial charge on any atom is -0.457 e. The van der Waals surface area contributed by atoms with Gasteiger partial charge >= 0.3 is 0 Å². The molecule has 0 bridgehead atoms. The SMILES string of the molecule is Cc1cccc(C2c3ccccc3Oc3ccccc32)c1-c1c(C)cccc1C1c2ccccc2Oc2ccccc21. The number of para-hydroxylation sites is 4. The van der Waals surface area contributed by atoms with E-state index in [4.69, 9.17) is 9.47 Å². The predicted molar refractivity (Wildman–Crippen MR) is 169 cm³/mol. The van der Waals surface area contributed by atoms with Crippen molar-refractivity contribution >= 4 is 0 Å². The fourth-order valence-electron chi connectivity index (χ4n) is 7.04. The van der Waals surface area contributed by atoms with Crippen LogP contribution in [0.1, 0.15) is 56.3 Å². The first kappa shape index (κ1) is 24.7. The molecule has 6 aromatic rings. The summed E-state index contributed by atoms with van der Waals surface area (Å²) in [6.07, 6.45) is 0. The summed E-state index contributed by atoms with van der Waals surface area (Å²) in [5.74, 6) is 3.78. The van der Waals surface area contributed by atoms with Crippen LogP contribution in [0.15, 0.2) is 133 Å². The summed E-state index contributed by atoms with van der Waals surface area (Å²) in [6, 6.07) is 47.4. The molecular formula is C40H30O2. The Kier molecular flexibility index (Phi) is 5.75. The van der Waals surface area contributed by atoms with Crippen molar-refractivity contribution in [1.82, 2.24) is 0 Å². The predicted octanol–water partition coefficient (Wildman–Crippen LogP) is 10.5. The van der Waals surface area contributed by atoms with Crippen LogP contribution in [0.25, 0.3) is 11.1 Å². The van der Waals surface area contributed by atoms with E-state index < -0.39 is 0 Å². The van der Waals surface area contributed by atoms with Gasteiger partial charge in [0.25, 0.3) is 0 Å². The Bertz CT molecular complexity index is 1750. The number of aryl methyl sites for hydroxylation is 2. The van der Waals surface area contributed by atoms with E-state index in [-0.39, 0.29) is 11.8 Å². The molecule has 0 aliphatic carbocycles. The second-order valence-electron chi connectivity index (χ2n) is 11.3. The summed E-state index contributed by atoms with van der Waals surface area (Å²) in [7, 11) is 0. The molecule has 6 aromatic carbocycles. The highest BCUT2D eigenvalue weighted by molar-refractivity contribution is 5.81. The summed E-state index contributed by atoms with van der Waals surface area (Å²) in [5, 5.41) is 0. The van der Waals surface area contributed by atoms with Crippen molar-refractivity contribution in [3.05, 3.63) is 178 Å². The zero-order chi connectivity index (χ0) is 28.2. The van der Waals surface area contributed by atoms with Crippen molar-refractivity contribution in [2.75, 3.05) is 0 Å². The molecule has 0 unspecified atom stereocenters. The molecule has 0 fully saturated rings. The van der Waals surface area contributed by atoms with Crippen LogP contribution in [0, 0.1) is 13.8 Å². The van der Waals surface area contributed by atoms with E-state index >= 15 is 0 Å². The number of rotatable bonds is 3.